The highest BCUT2D eigenvalue weighted by Crippen LogP contribution is 2.32. The van der Waals surface area contributed by atoms with Crippen LogP contribution in [0.25, 0.3) is 0 Å². The van der Waals surface area contributed by atoms with E-state index in [4.69, 9.17) is 10.5 Å². The normalized spacial score (nSPS) is 23.1. The van der Waals surface area contributed by atoms with Crippen LogP contribution in [0.4, 0.5) is 5.69 Å². The van der Waals surface area contributed by atoms with Crippen molar-refractivity contribution in [3.05, 3.63) is 18.2 Å². The molecule has 1 aromatic carbocycles. The van der Waals surface area contributed by atoms with E-state index in [-0.39, 0.29) is 40.9 Å². The SMILES string of the molecule is COc1ccc(NC(=O)C[C@@H]2CCC[C@H]2N)cc1S(=O)(=O)N1CCCCC1.Cl. The number of benzene rings is 1. The number of anilines is 1. The van der Waals surface area contributed by atoms with Crippen LogP contribution in [0, 0.1) is 5.92 Å². The van der Waals surface area contributed by atoms with Gasteiger partial charge in [0.2, 0.25) is 15.9 Å². The van der Waals surface area contributed by atoms with Crippen molar-refractivity contribution in [2.45, 2.75) is 55.9 Å². The predicted molar refractivity (Wildman–Crippen MR) is 111 cm³/mol. The Morgan fingerprint density at radius 3 is 2.54 bits per heavy atom. The molecule has 1 amide bonds. The maximum absolute atomic E-state index is 13.0. The summed E-state index contributed by atoms with van der Waals surface area (Å²) in [6.45, 7) is 1.03. The van der Waals surface area contributed by atoms with Crippen molar-refractivity contribution in [3.8, 4) is 5.75 Å². The molecule has 1 saturated carbocycles. The molecule has 1 aliphatic heterocycles. The molecule has 1 aliphatic carbocycles. The van der Waals surface area contributed by atoms with Crippen LogP contribution in [0.15, 0.2) is 23.1 Å². The van der Waals surface area contributed by atoms with E-state index in [2.05, 4.69) is 5.32 Å². The minimum atomic E-state index is -3.66. The fourth-order valence-electron chi connectivity index (χ4n) is 3.97. The highest BCUT2D eigenvalue weighted by molar-refractivity contribution is 7.89. The van der Waals surface area contributed by atoms with Crippen LogP contribution in [-0.4, -0.2) is 44.9 Å². The van der Waals surface area contributed by atoms with Crippen LogP contribution in [0.2, 0.25) is 0 Å². The molecule has 0 unspecified atom stereocenters. The molecule has 0 bridgehead atoms. The Balaban J connectivity index is 0.00000280. The number of piperidine rings is 1. The summed E-state index contributed by atoms with van der Waals surface area (Å²) in [5.41, 5.74) is 6.50. The molecule has 1 saturated heterocycles. The maximum Gasteiger partial charge on any atom is 0.246 e. The van der Waals surface area contributed by atoms with Crippen LogP contribution in [0.5, 0.6) is 5.75 Å². The number of nitrogens with zero attached hydrogens (tertiary/aromatic N) is 1. The Morgan fingerprint density at radius 1 is 1.21 bits per heavy atom. The number of amides is 1. The zero-order valence-electron chi connectivity index (χ0n) is 16.2. The molecule has 9 heteroatoms. The van der Waals surface area contributed by atoms with Gasteiger partial charge >= 0.3 is 0 Å². The summed E-state index contributed by atoms with van der Waals surface area (Å²) >= 11 is 0. The summed E-state index contributed by atoms with van der Waals surface area (Å²) in [5.74, 6) is 0.347. The minimum absolute atomic E-state index is 0. The molecule has 2 atom stereocenters. The van der Waals surface area contributed by atoms with Gasteiger partial charge in [0, 0.05) is 31.2 Å². The number of sulfonamides is 1. The lowest BCUT2D eigenvalue weighted by Crippen LogP contribution is -2.35. The second kappa shape index (κ2) is 9.91. The van der Waals surface area contributed by atoms with Gasteiger partial charge in [0.05, 0.1) is 7.11 Å². The van der Waals surface area contributed by atoms with Gasteiger partial charge in [-0.1, -0.05) is 12.8 Å². The third-order valence-electron chi connectivity index (χ3n) is 5.55. The van der Waals surface area contributed by atoms with E-state index >= 15 is 0 Å². The average molecular weight is 432 g/mol. The quantitative estimate of drug-likeness (QED) is 0.721. The molecule has 3 N–H and O–H groups in total. The first-order valence-electron chi connectivity index (χ1n) is 9.65. The summed E-state index contributed by atoms with van der Waals surface area (Å²) in [4.78, 5) is 12.5. The van der Waals surface area contributed by atoms with Crippen molar-refractivity contribution in [3.63, 3.8) is 0 Å². The van der Waals surface area contributed by atoms with Crippen LogP contribution in [0.3, 0.4) is 0 Å². The van der Waals surface area contributed by atoms with E-state index in [0.717, 1.165) is 38.5 Å². The summed E-state index contributed by atoms with van der Waals surface area (Å²) in [6.07, 6.45) is 6.10. The molecule has 7 nitrogen and oxygen atoms in total. The number of carbonyl (C=O) groups is 1. The molecule has 3 rings (SSSR count). The lowest BCUT2D eigenvalue weighted by molar-refractivity contribution is -0.117. The Morgan fingerprint density at radius 2 is 1.93 bits per heavy atom. The van der Waals surface area contributed by atoms with Gasteiger partial charge in [-0.3, -0.25) is 4.79 Å². The fraction of sp³-hybridized carbons (Fsp3) is 0.632. The Labute approximate surface area is 173 Å². The first-order chi connectivity index (χ1) is 12.9. The Bertz CT molecular complexity index is 781. The van der Waals surface area contributed by atoms with Crippen molar-refractivity contribution in [1.29, 1.82) is 0 Å². The Hall–Kier alpha value is -1.35. The molecule has 28 heavy (non-hydrogen) atoms. The smallest absolute Gasteiger partial charge is 0.246 e. The second-order valence-corrected chi connectivity index (χ2v) is 9.34. The van der Waals surface area contributed by atoms with Gasteiger partial charge in [-0.15, -0.1) is 12.4 Å². The second-order valence-electron chi connectivity index (χ2n) is 7.44. The third kappa shape index (κ3) is 5.17. The van der Waals surface area contributed by atoms with Crippen molar-refractivity contribution in [2.24, 2.45) is 11.7 Å². The number of hydrogen-bond donors (Lipinski definition) is 2. The highest BCUT2D eigenvalue weighted by Gasteiger charge is 2.30. The zero-order chi connectivity index (χ0) is 19.4. The van der Waals surface area contributed by atoms with E-state index < -0.39 is 10.0 Å². The van der Waals surface area contributed by atoms with E-state index in [1.807, 2.05) is 0 Å². The summed E-state index contributed by atoms with van der Waals surface area (Å²) in [5, 5.41) is 2.82. The van der Waals surface area contributed by atoms with Crippen molar-refractivity contribution in [1.82, 2.24) is 4.31 Å². The predicted octanol–water partition coefficient (Wildman–Crippen LogP) is 2.75. The summed E-state index contributed by atoms with van der Waals surface area (Å²) in [7, 11) is -2.21. The number of nitrogens with two attached hydrogens (primary N) is 1. The molecule has 0 spiro atoms. The molecule has 2 aliphatic rings. The average Bonchev–Trinajstić information content (AvgIpc) is 3.07. The van der Waals surface area contributed by atoms with Crippen molar-refractivity contribution < 1.29 is 17.9 Å². The summed E-state index contributed by atoms with van der Waals surface area (Å²) < 4.78 is 32.9. The molecule has 0 aromatic heterocycles. The standard InChI is InChI=1S/C19H29N3O4S.ClH/c1-26-17-9-8-15(21-19(23)12-14-6-5-7-16(14)20)13-18(17)27(24,25)22-10-3-2-4-11-22;/h8-9,13-14,16H,2-7,10-12,20H2,1H3,(H,21,23);1H/t14-,16+;/m0./s1. The maximum atomic E-state index is 13.0. The van der Waals surface area contributed by atoms with E-state index in [1.165, 1.54) is 17.5 Å². The Kier molecular flexibility index (Phi) is 8.12. The van der Waals surface area contributed by atoms with E-state index in [1.54, 1.807) is 12.1 Å². The van der Waals surface area contributed by atoms with Crippen LogP contribution >= 0.6 is 12.4 Å². The largest absolute Gasteiger partial charge is 0.495 e. The lowest BCUT2D eigenvalue weighted by Gasteiger charge is -2.26. The van der Waals surface area contributed by atoms with Gasteiger partial charge in [-0.2, -0.15) is 4.31 Å². The van der Waals surface area contributed by atoms with E-state index in [9.17, 15) is 13.2 Å². The number of hydrogen-bond acceptors (Lipinski definition) is 5. The molecule has 1 aromatic rings. The van der Waals surface area contributed by atoms with Crippen molar-refractivity contribution >= 4 is 34.0 Å². The molecular weight excluding hydrogens is 402 g/mol. The first kappa shape index (κ1) is 22.9. The zero-order valence-corrected chi connectivity index (χ0v) is 17.9. The summed E-state index contributed by atoms with van der Waals surface area (Å²) in [6, 6.07) is 4.82. The molecule has 2 fully saturated rings. The first-order valence-corrected chi connectivity index (χ1v) is 11.1. The van der Waals surface area contributed by atoms with Gasteiger partial charge in [0.15, 0.2) is 0 Å². The minimum Gasteiger partial charge on any atom is -0.495 e. The number of rotatable bonds is 6. The number of halogens is 1. The highest BCUT2D eigenvalue weighted by atomic mass is 35.5. The monoisotopic (exact) mass is 431 g/mol. The van der Waals surface area contributed by atoms with Gasteiger partial charge in [-0.25, -0.2) is 8.42 Å². The van der Waals surface area contributed by atoms with Crippen LogP contribution in [-0.2, 0) is 14.8 Å². The molecule has 0 radical (unpaired) electrons. The number of ether oxygens (including phenoxy) is 1. The van der Waals surface area contributed by atoms with Crippen molar-refractivity contribution in [2.75, 3.05) is 25.5 Å². The van der Waals surface area contributed by atoms with Gasteiger partial charge in [-0.05, 0) is 49.8 Å². The van der Waals surface area contributed by atoms with Gasteiger partial charge in [0.25, 0.3) is 0 Å². The molecular formula is C19H30ClN3O4S. The number of nitrogens with one attached hydrogen (secondary N) is 1. The third-order valence-corrected chi connectivity index (χ3v) is 7.47. The number of carbonyl (C=O) groups excluding carboxylic acids is 1. The topological polar surface area (TPSA) is 102 Å². The fourth-order valence-corrected chi connectivity index (χ4v) is 5.67. The molecule has 158 valence electrons. The molecule has 1 heterocycles. The number of methoxy groups -OCH3 is 1. The van der Waals surface area contributed by atoms with Crippen LogP contribution < -0.4 is 15.8 Å². The van der Waals surface area contributed by atoms with Crippen LogP contribution in [0.1, 0.15) is 44.9 Å². The van der Waals surface area contributed by atoms with E-state index in [0.29, 0.717) is 25.2 Å². The lowest BCUT2D eigenvalue weighted by atomic mass is 10.00. The van der Waals surface area contributed by atoms with Gasteiger partial charge < -0.3 is 15.8 Å². The van der Waals surface area contributed by atoms with Gasteiger partial charge in [0.1, 0.15) is 10.6 Å².